The van der Waals surface area contributed by atoms with E-state index in [1.807, 2.05) is 24.3 Å². The molecule has 4 rings (SSSR count). The summed E-state index contributed by atoms with van der Waals surface area (Å²) in [4.78, 5) is 32.2. The van der Waals surface area contributed by atoms with Crippen molar-refractivity contribution in [3.05, 3.63) is 72.6 Å². The fraction of sp³-hybridized carbons (Fsp3) is 0.240. The molecule has 3 aromatic rings. The van der Waals surface area contributed by atoms with Gasteiger partial charge < -0.3 is 19.9 Å². The molecule has 2 N–H and O–H groups in total. The van der Waals surface area contributed by atoms with Crippen LogP contribution in [0.5, 0.6) is 5.75 Å². The van der Waals surface area contributed by atoms with Crippen molar-refractivity contribution in [2.24, 2.45) is 0 Å². The Balaban J connectivity index is 1.39. The van der Waals surface area contributed by atoms with E-state index in [1.54, 1.807) is 12.0 Å². The van der Waals surface area contributed by atoms with Crippen molar-refractivity contribution < 1.29 is 22.7 Å². The predicted molar refractivity (Wildman–Crippen MR) is 137 cm³/mol. The van der Waals surface area contributed by atoms with Gasteiger partial charge in [-0.25, -0.2) is 8.42 Å². The number of methoxy groups -OCH3 is 1. The summed E-state index contributed by atoms with van der Waals surface area (Å²) in [6.45, 7) is 3.77. The van der Waals surface area contributed by atoms with Crippen LogP contribution in [0.4, 0.5) is 17.1 Å². The fourth-order valence-corrected chi connectivity index (χ4v) is 4.92. The summed E-state index contributed by atoms with van der Waals surface area (Å²) in [5, 5.41) is 2.59. The third-order valence-corrected chi connectivity index (χ3v) is 7.12. The molecule has 0 atom stereocenters. The lowest BCUT2D eigenvalue weighted by Crippen LogP contribution is -2.48. The highest BCUT2D eigenvalue weighted by Crippen LogP contribution is 2.22. The Hall–Kier alpha value is -4.12. The average Bonchev–Trinajstić information content (AvgIpc) is 2.88. The number of sulfonamides is 1. The normalized spacial score (nSPS) is 13.7. The number of nitrogens with zero attached hydrogens (tertiary/aromatic N) is 3. The Morgan fingerprint density at radius 2 is 1.58 bits per heavy atom. The van der Waals surface area contributed by atoms with E-state index in [-0.39, 0.29) is 22.4 Å². The number of anilines is 3. The zero-order valence-electron chi connectivity index (χ0n) is 20.0. The maximum Gasteiger partial charge on any atom is 0.261 e. The van der Waals surface area contributed by atoms with Crippen molar-refractivity contribution in [1.29, 1.82) is 0 Å². The largest absolute Gasteiger partial charge is 0.497 e. The van der Waals surface area contributed by atoms with Gasteiger partial charge in [0.15, 0.2) is 0 Å². The number of carbonyl (C=O) groups is 2. The van der Waals surface area contributed by atoms with Gasteiger partial charge in [-0.2, -0.15) is 0 Å². The zero-order chi connectivity index (χ0) is 25.7. The molecule has 1 fully saturated rings. The number of nitrogens with one attached hydrogen (secondary N) is 2. The van der Waals surface area contributed by atoms with Gasteiger partial charge in [0.05, 0.1) is 29.5 Å². The molecule has 11 heteroatoms. The first-order valence-corrected chi connectivity index (χ1v) is 12.8. The molecule has 10 nitrogen and oxygen atoms in total. The van der Waals surface area contributed by atoms with Crippen LogP contribution in [-0.2, 0) is 14.8 Å². The quantitative estimate of drug-likeness (QED) is 0.502. The average molecular weight is 510 g/mol. The molecular weight excluding hydrogens is 482 g/mol. The molecular formula is C25H27N5O5S. The predicted octanol–water partition coefficient (Wildman–Crippen LogP) is 2.81. The SMILES string of the molecule is COc1ccc(N2CCN(C(=O)c3cncc(NS(=O)(=O)c4ccc(NC(C)=O)cc4)c3)CC2)cc1. The van der Waals surface area contributed by atoms with Crippen LogP contribution in [0, 0.1) is 0 Å². The monoisotopic (exact) mass is 509 g/mol. The van der Waals surface area contributed by atoms with Crippen LogP contribution >= 0.6 is 0 Å². The van der Waals surface area contributed by atoms with E-state index in [4.69, 9.17) is 4.74 Å². The number of hydrogen-bond donors (Lipinski definition) is 2. The summed E-state index contributed by atoms with van der Waals surface area (Å²) in [7, 11) is -2.29. The van der Waals surface area contributed by atoms with E-state index in [9.17, 15) is 18.0 Å². The summed E-state index contributed by atoms with van der Waals surface area (Å²) in [6.07, 6.45) is 2.78. The first-order valence-electron chi connectivity index (χ1n) is 11.3. The van der Waals surface area contributed by atoms with E-state index < -0.39 is 10.0 Å². The highest BCUT2D eigenvalue weighted by molar-refractivity contribution is 7.92. The second kappa shape index (κ2) is 10.6. The van der Waals surface area contributed by atoms with Crippen LogP contribution in [0.25, 0.3) is 0 Å². The van der Waals surface area contributed by atoms with Gasteiger partial charge in [0.2, 0.25) is 5.91 Å². The van der Waals surface area contributed by atoms with Gasteiger partial charge >= 0.3 is 0 Å². The summed E-state index contributed by atoms with van der Waals surface area (Å²) in [6, 6.07) is 15.0. The second-order valence-electron chi connectivity index (χ2n) is 8.25. The van der Waals surface area contributed by atoms with Gasteiger partial charge in [0.1, 0.15) is 5.75 Å². The molecule has 0 radical (unpaired) electrons. The van der Waals surface area contributed by atoms with E-state index in [1.165, 1.54) is 49.6 Å². The Bertz CT molecular complexity index is 1340. The minimum atomic E-state index is -3.91. The van der Waals surface area contributed by atoms with Crippen molar-refractivity contribution in [2.75, 3.05) is 48.2 Å². The third kappa shape index (κ3) is 5.92. The van der Waals surface area contributed by atoms with Crippen LogP contribution in [0.15, 0.2) is 71.9 Å². The summed E-state index contributed by atoms with van der Waals surface area (Å²) >= 11 is 0. The molecule has 0 saturated carbocycles. The molecule has 2 aromatic carbocycles. The van der Waals surface area contributed by atoms with Gasteiger partial charge in [-0.05, 0) is 54.6 Å². The smallest absolute Gasteiger partial charge is 0.261 e. The molecule has 2 heterocycles. The second-order valence-corrected chi connectivity index (χ2v) is 9.93. The number of benzene rings is 2. The summed E-state index contributed by atoms with van der Waals surface area (Å²) in [5.74, 6) is 0.327. The molecule has 1 aromatic heterocycles. The molecule has 2 amide bonds. The van der Waals surface area contributed by atoms with Crippen molar-refractivity contribution in [2.45, 2.75) is 11.8 Å². The number of ether oxygens (including phenoxy) is 1. The minimum Gasteiger partial charge on any atom is -0.497 e. The summed E-state index contributed by atoms with van der Waals surface area (Å²) in [5.41, 5.74) is 2.03. The van der Waals surface area contributed by atoms with Crippen LogP contribution < -0.4 is 19.7 Å². The maximum atomic E-state index is 13.1. The molecule has 1 aliphatic heterocycles. The van der Waals surface area contributed by atoms with Gasteiger partial charge in [-0.1, -0.05) is 0 Å². The molecule has 0 bridgehead atoms. The molecule has 1 aliphatic rings. The Labute approximate surface area is 209 Å². The fourth-order valence-electron chi connectivity index (χ4n) is 3.89. The third-order valence-electron chi connectivity index (χ3n) is 5.73. The van der Waals surface area contributed by atoms with Crippen molar-refractivity contribution in [1.82, 2.24) is 9.88 Å². The highest BCUT2D eigenvalue weighted by atomic mass is 32.2. The lowest BCUT2D eigenvalue weighted by Gasteiger charge is -2.36. The lowest BCUT2D eigenvalue weighted by molar-refractivity contribution is -0.114. The van der Waals surface area contributed by atoms with E-state index in [2.05, 4.69) is 19.9 Å². The number of pyridine rings is 1. The van der Waals surface area contributed by atoms with Gasteiger partial charge in [0, 0.05) is 50.7 Å². The first kappa shape index (κ1) is 25.0. The summed E-state index contributed by atoms with van der Waals surface area (Å²) < 4.78 is 33.3. The van der Waals surface area contributed by atoms with Gasteiger partial charge in [0.25, 0.3) is 15.9 Å². The molecule has 188 valence electrons. The number of rotatable bonds is 7. The van der Waals surface area contributed by atoms with Crippen LogP contribution in [0.2, 0.25) is 0 Å². The van der Waals surface area contributed by atoms with Gasteiger partial charge in [-0.15, -0.1) is 0 Å². The van der Waals surface area contributed by atoms with Crippen molar-refractivity contribution in [3.8, 4) is 5.75 Å². The Kier molecular flexibility index (Phi) is 7.39. The van der Waals surface area contributed by atoms with Crippen LogP contribution in [0.3, 0.4) is 0 Å². The maximum absolute atomic E-state index is 13.1. The molecule has 0 spiro atoms. The van der Waals surface area contributed by atoms with Crippen LogP contribution in [0.1, 0.15) is 17.3 Å². The Morgan fingerprint density at radius 1 is 0.917 bits per heavy atom. The zero-order valence-corrected chi connectivity index (χ0v) is 20.8. The molecule has 0 aliphatic carbocycles. The molecule has 1 saturated heterocycles. The van der Waals surface area contributed by atoms with E-state index in [0.29, 0.717) is 37.4 Å². The number of carbonyl (C=O) groups excluding carboxylic acids is 2. The molecule has 36 heavy (non-hydrogen) atoms. The Morgan fingerprint density at radius 3 is 2.19 bits per heavy atom. The number of amides is 2. The standard InChI is InChI=1S/C25H27N5O5S/c1-18(31)27-20-3-9-24(10-4-20)36(33,34)28-21-15-19(16-26-17-21)25(32)30-13-11-29(12-14-30)22-5-7-23(35-2)8-6-22/h3-10,15-17,28H,11-14H2,1-2H3,(H,27,31). The lowest BCUT2D eigenvalue weighted by atomic mass is 10.2. The van der Waals surface area contributed by atoms with E-state index >= 15 is 0 Å². The van der Waals surface area contributed by atoms with Gasteiger partial charge in [-0.3, -0.25) is 19.3 Å². The van der Waals surface area contributed by atoms with E-state index in [0.717, 1.165) is 11.4 Å². The van der Waals surface area contributed by atoms with Crippen molar-refractivity contribution in [3.63, 3.8) is 0 Å². The number of piperazine rings is 1. The number of aromatic nitrogens is 1. The highest BCUT2D eigenvalue weighted by Gasteiger charge is 2.23. The first-order chi connectivity index (χ1) is 17.2. The van der Waals surface area contributed by atoms with Crippen molar-refractivity contribution >= 4 is 38.9 Å². The topological polar surface area (TPSA) is 121 Å². The molecule has 0 unspecified atom stereocenters. The number of hydrogen-bond acceptors (Lipinski definition) is 7. The van der Waals surface area contributed by atoms with Crippen LogP contribution in [-0.4, -0.2) is 63.4 Å². The minimum absolute atomic E-state index is 0.0167.